The summed E-state index contributed by atoms with van der Waals surface area (Å²) >= 11 is 0. The number of ketones is 1. The van der Waals surface area contributed by atoms with Crippen LogP contribution in [-0.4, -0.2) is 50.9 Å². The molecule has 1 rings (SSSR count). The van der Waals surface area contributed by atoms with Gasteiger partial charge >= 0.3 is 6.09 Å². The highest BCUT2D eigenvalue weighted by atomic mass is 28.4. The highest BCUT2D eigenvalue weighted by molar-refractivity contribution is 6.74. The fourth-order valence-electron chi connectivity index (χ4n) is 2.33. The van der Waals surface area contributed by atoms with Crippen molar-refractivity contribution in [1.29, 1.82) is 0 Å². The van der Waals surface area contributed by atoms with E-state index in [0.717, 1.165) is 0 Å². The summed E-state index contributed by atoms with van der Waals surface area (Å²) in [5, 5.41) is 0.111. The van der Waals surface area contributed by atoms with Crippen molar-refractivity contribution in [2.75, 3.05) is 19.8 Å². The minimum Gasteiger partial charge on any atom is -0.445 e. The number of carbonyl (C=O) groups is 2. The van der Waals surface area contributed by atoms with Gasteiger partial charge in [0, 0.05) is 12.5 Å². The van der Waals surface area contributed by atoms with E-state index in [-0.39, 0.29) is 29.4 Å². The lowest BCUT2D eigenvalue weighted by Gasteiger charge is -2.37. The molecule has 1 amide bonds. The minimum atomic E-state index is -1.89. The summed E-state index contributed by atoms with van der Waals surface area (Å²) in [6, 6.07) is -0.102. The number of Topliss-reactive ketones (excluding diaryl/α,β-unsaturated/α-hetero) is 1. The third-order valence-corrected chi connectivity index (χ3v) is 9.49. The number of carbonyl (C=O) groups excluding carboxylic acids is 2. The Morgan fingerprint density at radius 2 is 1.96 bits per heavy atom. The van der Waals surface area contributed by atoms with Gasteiger partial charge in [-0.1, -0.05) is 33.4 Å². The first kappa shape index (κ1) is 19.9. The average molecular weight is 342 g/mol. The lowest BCUT2D eigenvalue weighted by molar-refractivity contribution is -0.120. The molecule has 2 atom stereocenters. The monoisotopic (exact) mass is 341 g/mol. The number of hydrogen-bond donors (Lipinski definition) is 0. The van der Waals surface area contributed by atoms with Crippen molar-refractivity contribution < 1.29 is 18.8 Å². The second-order valence-corrected chi connectivity index (χ2v) is 12.6. The summed E-state index contributed by atoms with van der Waals surface area (Å²) in [4.78, 5) is 25.6. The fraction of sp³-hybridized carbons (Fsp3) is 0.765. The van der Waals surface area contributed by atoms with Gasteiger partial charge in [0.05, 0.1) is 12.6 Å². The van der Waals surface area contributed by atoms with Crippen LogP contribution in [0.1, 0.15) is 34.1 Å². The van der Waals surface area contributed by atoms with E-state index < -0.39 is 14.4 Å². The van der Waals surface area contributed by atoms with E-state index in [9.17, 15) is 9.59 Å². The highest BCUT2D eigenvalue weighted by Gasteiger charge is 2.42. The van der Waals surface area contributed by atoms with Gasteiger partial charge in [-0.2, -0.15) is 0 Å². The molecule has 132 valence electrons. The second-order valence-electron chi connectivity index (χ2n) is 7.79. The first-order chi connectivity index (χ1) is 10.5. The lowest BCUT2D eigenvalue weighted by Crippen LogP contribution is -2.46. The van der Waals surface area contributed by atoms with E-state index in [1.807, 2.05) is 0 Å². The molecule has 1 heterocycles. The third kappa shape index (κ3) is 5.17. The molecule has 1 aliphatic rings. The Morgan fingerprint density at radius 1 is 1.35 bits per heavy atom. The molecule has 0 aromatic carbocycles. The lowest BCUT2D eigenvalue weighted by atomic mass is 10.0. The smallest absolute Gasteiger partial charge is 0.410 e. The first-order valence-electron chi connectivity index (χ1n) is 8.18. The zero-order valence-corrected chi connectivity index (χ0v) is 16.3. The van der Waals surface area contributed by atoms with Gasteiger partial charge in [-0.15, -0.1) is 0 Å². The van der Waals surface area contributed by atoms with Crippen LogP contribution in [0.15, 0.2) is 12.7 Å². The first-order valence-corrected chi connectivity index (χ1v) is 11.1. The van der Waals surface area contributed by atoms with Crippen LogP contribution in [0.2, 0.25) is 18.1 Å². The molecule has 0 saturated carbocycles. The summed E-state index contributed by atoms with van der Waals surface area (Å²) in [6.07, 6.45) is 1.79. The summed E-state index contributed by atoms with van der Waals surface area (Å²) in [5.74, 6) is -0.0133. The van der Waals surface area contributed by atoms with Gasteiger partial charge in [0.25, 0.3) is 0 Å². The maximum Gasteiger partial charge on any atom is 0.410 e. The van der Waals surface area contributed by atoms with Crippen LogP contribution in [0.3, 0.4) is 0 Å². The summed E-state index contributed by atoms with van der Waals surface area (Å²) < 4.78 is 11.4. The Morgan fingerprint density at radius 3 is 2.43 bits per heavy atom. The van der Waals surface area contributed by atoms with Crippen molar-refractivity contribution in [3.8, 4) is 0 Å². The van der Waals surface area contributed by atoms with Crippen molar-refractivity contribution in [1.82, 2.24) is 4.90 Å². The Kier molecular flexibility index (Phi) is 6.59. The number of ether oxygens (including phenoxy) is 1. The van der Waals surface area contributed by atoms with Crippen LogP contribution in [0, 0.1) is 5.92 Å². The quantitative estimate of drug-likeness (QED) is 0.547. The molecule has 23 heavy (non-hydrogen) atoms. The molecule has 1 unspecified atom stereocenters. The molecule has 6 heteroatoms. The summed E-state index contributed by atoms with van der Waals surface area (Å²) in [6.45, 7) is 17.1. The highest BCUT2D eigenvalue weighted by Crippen LogP contribution is 2.37. The normalized spacial score (nSPS) is 22.1. The van der Waals surface area contributed by atoms with Gasteiger partial charge in [0.2, 0.25) is 0 Å². The predicted molar refractivity (Wildman–Crippen MR) is 94.0 cm³/mol. The number of amides is 1. The molecule has 0 aliphatic carbocycles. The molecule has 0 aromatic rings. The maximum atomic E-state index is 12.2. The van der Waals surface area contributed by atoms with E-state index in [1.165, 1.54) is 6.08 Å². The number of nitrogens with zero attached hydrogens (tertiary/aromatic N) is 1. The van der Waals surface area contributed by atoms with Gasteiger partial charge < -0.3 is 14.1 Å². The Bertz CT molecular complexity index is 456. The SMILES string of the molecule is C=CCOC(=O)N1CC(C(C)=O)C[C@H]1CO[Si](C)(C)C(C)(C)C. The van der Waals surface area contributed by atoms with E-state index in [1.54, 1.807) is 11.8 Å². The molecule has 0 bridgehead atoms. The van der Waals surface area contributed by atoms with Crippen molar-refractivity contribution in [2.45, 2.75) is 58.3 Å². The fourth-order valence-corrected chi connectivity index (χ4v) is 3.37. The van der Waals surface area contributed by atoms with Gasteiger partial charge in [-0.3, -0.25) is 4.79 Å². The van der Waals surface area contributed by atoms with Crippen LogP contribution in [0.5, 0.6) is 0 Å². The van der Waals surface area contributed by atoms with Crippen LogP contribution < -0.4 is 0 Å². The minimum absolute atomic E-state index is 0.102. The zero-order valence-electron chi connectivity index (χ0n) is 15.3. The number of hydrogen-bond acceptors (Lipinski definition) is 4. The van der Waals surface area contributed by atoms with E-state index >= 15 is 0 Å². The van der Waals surface area contributed by atoms with Crippen LogP contribution in [-0.2, 0) is 14.0 Å². The van der Waals surface area contributed by atoms with Crippen molar-refractivity contribution in [3.63, 3.8) is 0 Å². The third-order valence-electron chi connectivity index (χ3n) is 4.99. The number of rotatable bonds is 6. The van der Waals surface area contributed by atoms with E-state index in [2.05, 4.69) is 40.4 Å². The zero-order chi connectivity index (χ0) is 17.8. The summed E-state index contributed by atoms with van der Waals surface area (Å²) in [7, 11) is -1.89. The second kappa shape index (κ2) is 7.62. The van der Waals surface area contributed by atoms with Crippen LogP contribution in [0.4, 0.5) is 4.79 Å². The molecule has 0 aromatic heterocycles. The Hall–Kier alpha value is -1.14. The standard InChI is InChI=1S/C17H31NO4Si/c1-8-9-21-16(20)18-11-14(13(2)19)10-15(18)12-22-23(6,7)17(3,4)5/h8,14-15H,1,9-12H2,2-7H3/t14?,15-/m0/s1. The molecule has 1 fully saturated rings. The van der Waals surface area contributed by atoms with Crippen LogP contribution >= 0.6 is 0 Å². The molecule has 0 N–H and O–H groups in total. The molecule has 5 nitrogen and oxygen atoms in total. The molecular formula is C17H31NO4Si. The topological polar surface area (TPSA) is 55.8 Å². The molecule has 1 aliphatic heterocycles. The van der Waals surface area contributed by atoms with Crippen molar-refractivity contribution in [3.05, 3.63) is 12.7 Å². The Labute approximate surface area is 141 Å². The molecule has 0 spiro atoms. The van der Waals surface area contributed by atoms with E-state index in [4.69, 9.17) is 9.16 Å². The number of likely N-dealkylation sites (tertiary alicyclic amines) is 1. The van der Waals surface area contributed by atoms with Crippen molar-refractivity contribution >= 4 is 20.2 Å². The maximum absolute atomic E-state index is 12.2. The average Bonchev–Trinajstić information content (AvgIpc) is 2.86. The van der Waals surface area contributed by atoms with Gasteiger partial charge in [0.1, 0.15) is 12.4 Å². The molecular weight excluding hydrogens is 310 g/mol. The molecule has 0 radical (unpaired) electrons. The van der Waals surface area contributed by atoms with Crippen molar-refractivity contribution in [2.24, 2.45) is 5.92 Å². The van der Waals surface area contributed by atoms with Gasteiger partial charge in [-0.25, -0.2) is 4.79 Å². The Balaban J connectivity index is 2.77. The largest absolute Gasteiger partial charge is 0.445 e. The predicted octanol–water partition coefficient (Wildman–Crippen LogP) is 3.61. The van der Waals surface area contributed by atoms with Crippen LogP contribution in [0.25, 0.3) is 0 Å². The van der Waals surface area contributed by atoms with Gasteiger partial charge in [-0.05, 0) is 31.5 Å². The van der Waals surface area contributed by atoms with Gasteiger partial charge in [0.15, 0.2) is 8.32 Å². The van der Waals surface area contributed by atoms with E-state index in [0.29, 0.717) is 19.6 Å². The molecule has 1 saturated heterocycles. The summed E-state index contributed by atoms with van der Waals surface area (Å²) in [5.41, 5.74) is 0.